The number of carbonyl (C=O) groups excluding carboxylic acids is 16. The Bertz CT molecular complexity index is 3600. The van der Waals surface area contributed by atoms with Crippen LogP contribution in [-0.2, 0) is 115 Å². The smallest absolute Gasteiger partial charge is 0.332 e. The predicted octanol–water partition coefficient (Wildman–Crippen LogP) is 16.2. The van der Waals surface area contributed by atoms with E-state index in [0.717, 1.165) is 116 Å². The van der Waals surface area contributed by atoms with Crippen molar-refractivity contribution in [1.82, 2.24) is 42.5 Å². The molecule has 0 saturated carbocycles. The molecule has 0 saturated heterocycles. The van der Waals surface area contributed by atoms with Gasteiger partial charge in [-0.25, -0.2) is 19.2 Å². The van der Waals surface area contributed by atoms with Crippen molar-refractivity contribution < 1.29 is 115 Å². The molecule has 0 fully saturated rings. The highest BCUT2D eigenvalue weighted by Gasteiger charge is 2.35. The quantitative estimate of drug-likeness (QED) is 0.00921. The van der Waals surface area contributed by atoms with Gasteiger partial charge in [-0.2, -0.15) is 0 Å². The third kappa shape index (κ3) is 71.9. The number of amides is 4. The molecule has 0 aliphatic rings. The number of rotatable bonds is 77. The maximum absolute atomic E-state index is 13.2. The molecule has 0 rings (SSSR count). The lowest BCUT2D eigenvalue weighted by molar-refractivity contribution is -0.184. The first kappa shape index (κ1) is 136. The van der Waals surface area contributed by atoms with Crippen molar-refractivity contribution >= 4 is 94.5 Å². The largest absolute Gasteiger partial charge is 0.465 e. The second-order valence-corrected chi connectivity index (χ2v) is 36.9. The van der Waals surface area contributed by atoms with Crippen LogP contribution in [0.3, 0.4) is 0 Å². The summed E-state index contributed by atoms with van der Waals surface area (Å²) in [4.78, 5) is 193. The summed E-state index contributed by atoms with van der Waals surface area (Å²) in [5.74, 6) is -3.66. The Morgan fingerprint density at radius 3 is 0.748 bits per heavy atom. The van der Waals surface area contributed by atoms with Crippen LogP contribution in [0.15, 0.2) is 60.8 Å². The number of likely N-dealkylation sites (N-methyl/N-ethyl adjacent to an activating group) is 4. The first-order chi connectivity index (χ1) is 66.0. The molecule has 0 bridgehead atoms. The molecule has 15 atom stereocenters. The minimum Gasteiger partial charge on any atom is -0.465 e. The lowest BCUT2D eigenvalue weighted by Crippen LogP contribution is -2.48. The Kier molecular flexibility index (Phi) is 86.0. The van der Waals surface area contributed by atoms with Crippen LogP contribution in [-0.4, -0.2) is 217 Å². The standard InChI is InChI=1S/C32H50N2O6.C30H56N2O6.C24H44N2O6.C21H38N2O6/c1-8-11-12-13-14-15-16-17-18-23-28(39-31(37)29(33-7)24(4)9-2)40-32(38)30(25(5)10-3)34-27(36)22-20-19-21-26(6)35;1-7-23(3)27(31-6)29(35)37-21-17-13-14-18-22-38-30(36)28(24(4)8-2)32-26(34)20-16-12-10-9-11-15-19-25(5)33;1-7-17(3)21(25-6)23(29)31-15-11-9-10-12-16-32-24(30)22(18(4)8-2)26-20(28)14-13-19(5)27;1-14(2)18(22-6)20(26)28-12-9-13-29-21(27)19(15(3)4)23-17(25)11-8-7-10-16(5)24/h8,11-18,23-25,28-30,33H,9-10,19-22H2,1-7H3,(H,34,36);23-24,27-28,31H,7-22H2,1-6H3,(H,32,34);17-18,21-22,25H,7-16H2,1-6H3,(H,26,28);14-15,18-19,22H,7-13H2,1-6H3,(H,23,25)/b11-8+,13-12+,15-14+,17-16+,23-18+;;;. The van der Waals surface area contributed by atoms with Crippen molar-refractivity contribution in [2.75, 3.05) is 67.8 Å². The molecule has 800 valence electrons. The molecule has 15 unspecified atom stereocenters. The summed E-state index contributed by atoms with van der Waals surface area (Å²) in [5.41, 5.74) is 0. The molecule has 4 amide bonds. The number of allylic oxidation sites excluding steroid dienone is 9. The number of unbranched alkanes of at least 4 members (excludes halogenated alkanes) is 13. The lowest BCUT2D eigenvalue weighted by Gasteiger charge is -2.26. The van der Waals surface area contributed by atoms with Crippen LogP contribution in [0.5, 0.6) is 0 Å². The van der Waals surface area contributed by atoms with E-state index in [0.29, 0.717) is 90.4 Å². The van der Waals surface area contributed by atoms with Gasteiger partial charge in [-0.1, -0.05) is 230 Å². The van der Waals surface area contributed by atoms with Gasteiger partial charge in [0.05, 0.1) is 39.6 Å². The lowest BCUT2D eigenvalue weighted by atomic mass is 9.99. The highest BCUT2D eigenvalue weighted by atomic mass is 16.7. The summed E-state index contributed by atoms with van der Waals surface area (Å²) in [7, 11) is 6.93. The monoisotopic (exact) mass is 1970 g/mol. The van der Waals surface area contributed by atoms with Crippen molar-refractivity contribution in [1.29, 1.82) is 0 Å². The summed E-state index contributed by atoms with van der Waals surface area (Å²) in [6, 6.07) is -4.44. The molecular weight excluding hydrogens is 1780 g/mol. The maximum Gasteiger partial charge on any atom is 0.332 e. The van der Waals surface area contributed by atoms with Crippen LogP contribution >= 0.6 is 0 Å². The van der Waals surface area contributed by atoms with Crippen molar-refractivity contribution in [3.05, 3.63) is 60.8 Å². The van der Waals surface area contributed by atoms with Gasteiger partial charge in [0.15, 0.2) is 0 Å². The van der Waals surface area contributed by atoms with Gasteiger partial charge in [-0.15, -0.1) is 0 Å². The molecule has 32 nitrogen and oxygen atoms in total. The van der Waals surface area contributed by atoms with Crippen molar-refractivity contribution in [2.45, 2.75) is 412 Å². The Morgan fingerprint density at radius 2 is 0.446 bits per heavy atom. The first-order valence-corrected chi connectivity index (χ1v) is 51.6. The maximum atomic E-state index is 13.2. The zero-order valence-electron chi connectivity index (χ0n) is 90.0. The molecule has 0 radical (unpaired) electrons. The number of hydrogen-bond donors (Lipinski definition) is 8. The van der Waals surface area contributed by atoms with Crippen LogP contribution in [0.4, 0.5) is 0 Å². The molecule has 139 heavy (non-hydrogen) atoms. The topological polar surface area (TPSA) is 443 Å². The fraction of sp³-hybridized carbons (Fsp3) is 0.757. The molecule has 0 heterocycles. The van der Waals surface area contributed by atoms with Crippen LogP contribution in [0, 0.1) is 47.3 Å². The van der Waals surface area contributed by atoms with E-state index in [4.69, 9.17) is 37.9 Å². The predicted molar refractivity (Wildman–Crippen MR) is 546 cm³/mol. The number of ketones is 4. The van der Waals surface area contributed by atoms with E-state index >= 15 is 0 Å². The highest BCUT2D eigenvalue weighted by molar-refractivity contribution is 5.89. The average Bonchev–Trinajstić information content (AvgIpc) is 0.864. The molecule has 0 spiro atoms. The second-order valence-electron chi connectivity index (χ2n) is 36.9. The summed E-state index contributed by atoms with van der Waals surface area (Å²) in [6.07, 6.45) is 39.2. The summed E-state index contributed by atoms with van der Waals surface area (Å²) >= 11 is 0. The Morgan fingerprint density at radius 1 is 0.230 bits per heavy atom. The van der Waals surface area contributed by atoms with Gasteiger partial charge in [-0.05, 0) is 206 Å². The van der Waals surface area contributed by atoms with E-state index in [1.165, 1.54) is 26.8 Å². The van der Waals surface area contributed by atoms with E-state index in [1.807, 2.05) is 147 Å². The zero-order chi connectivity index (χ0) is 106. The van der Waals surface area contributed by atoms with Gasteiger partial charge >= 0.3 is 47.8 Å². The van der Waals surface area contributed by atoms with Crippen LogP contribution in [0.25, 0.3) is 0 Å². The van der Waals surface area contributed by atoms with Crippen LogP contribution in [0.2, 0.25) is 0 Å². The molecule has 0 aromatic rings. The van der Waals surface area contributed by atoms with Gasteiger partial charge in [0.1, 0.15) is 71.5 Å². The van der Waals surface area contributed by atoms with Crippen LogP contribution < -0.4 is 42.5 Å². The van der Waals surface area contributed by atoms with E-state index in [1.54, 1.807) is 53.3 Å². The van der Waals surface area contributed by atoms with E-state index in [-0.39, 0.29) is 182 Å². The SMILES string of the molecule is C/C=C/C=C/C=C/C=C/C=C/C(OC(=O)C(NC)C(C)CC)OC(=O)C(NC(=O)CCCCC(C)=O)C(C)CC.CCC(C)C(NC)C(=O)OCCCCCCOC(=O)C(NC(=O)CCC(C)=O)C(C)CC.CCC(C)C(NC)C(=O)OCCCCCCOC(=O)C(NC(=O)CCCCCCCCC(C)=O)C(C)CC.CNC(C(=O)OCCCOC(=O)C(NC(=O)CCCCC(C)=O)C(C)C)C(C)C. The number of hydrogen-bond acceptors (Lipinski definition) is 28. The van der Waals surface area contributed by atoms with Gasteiger partial charge in [0.25, 0.3) is 6.29 Å². The van der Waals surface area contributed by atoms with Crippen molar-refractivity contribution in [3.8, 4) is 0 Å². The fourth-order valence-electron chi connectivity index (χ4n) is 13.7. The van der Waals surface area contributed by atoms with Gasteiger partial charge in [0.2, 0.25) is 23.6 Å². The molecule has 0 aromatic carbocycles. The van der Waals surface area contributed by atoms with E-state index in [2.05, 4.69) is 49.5 Å². The summed E-state index contributed by atoms with van der Waals surface area (Å²) in [5, 5.41) is 23.0. The first-order valence-electron chi connectivity index (χ1n) is 51.6. The number of esters is 8. The van der Waals surface area contributed by atoms with Crippen LogP contribution in [0.1, 0.15) is 357 Å². The van der Waals surface area contributed by atoms with Crippen molar-refractivity contribution in [3.63, 3.8) is 0 Å². The van der Waals surface area contributed by atoms with E-state index in [9.17, 15) is 76.7 Å². The molecule has 0 aliphatic heterocycles. The van der Waals surface area contributed by atoms with Gasteiger partial charge < -0.3 is 99.6 Å². The number of Topliss-reactive ketones (excluding diaryl/α,β-unsaturated/α-hetero) is 4. The molecule has 0 aliphatic carbocycles. The third-order valence-corrected chi connectivity index (χ3v) is 23.9. The Balaban J connectivity index is -0.000000881. The fourth-order valence-corrected chi connectivity index (χ4v) is 13.7. The number of nitrogens with one attached hydrogen (secondary N) is 8. The summed E-state index contributed by atoms with van der Waals surface area (Å²) < 4.78 is 43.2. The summed E-state index contributed by atoms with van der Waals surface area (Å²) in [6.45, 7) is 40.8. The Hall–Kier alpha value is -9.14. The Labute approximate surface area is 835 Å². The molecule has 8 N–H and O–H groups in total. The molecule has 0 aromatic heterocycles. The number of carbonyl (C=O) groups is 16. The highest BCUT2D eigenvalue weighted by Crippen LogP contribution is 2.21. The normalized spacial score (nSPS) is 14.6. The minimum atomic E-state index is -1.28. The van der Waals surface area contributed by atoms with Gasteiger partial charge in [0, 0.05) is 57.8 Å². The van der Waals surface area contributed by atoms with Crippen molar-refractivity contribution in [2.24, 2.45) is 47.3 Å². The van der Waals surface area contributed by atoms with E-state index < -0.39 is 60.4 Å². The zero-order valence-corrected chi connectivity index (χ0v) is 90.0. The number of ether oxygens (including phenoxy) is 8. The molecular formula is C107H188N8O24. The third-order valence-electron chi connectivity index (χ3n) is 23.9. The van der Waals surface area contributed by atoms with Gasteiger partial charge in [-0.3, -0.25) is 38.4 Å². The second kappa shape index (κ2) is 87.8. The minimum absolute atomic E-state index is 0.000671. The average molecular weight is 1970 g/mol. The molecule has 32 heteroatoms.